The van der Waals surface area contributed by atoms with Crippen molar-refractivity contribution < 1.29 is 72.5 Å². The second kappa shape index (κ2) is 20.6. The zero-order chi connectivity index (χ0) is 34.9. The van der Waals surface area contributed by atoms with E-state index in [9.17, 15) is 44.1 Å². The fraction of sp³-hybridized carbons (Fsp3) is 0.600. The van der Waals surface area contributed by atoms with E-state index in [0.29, 0.717) is 0 Å². The Bertz CT molecular complexity index is 1110. The molecular weight excluding hydrogens is 642 g/mol. The van der Waals surface area contributed by atoms with Gasteiger partial charge in [0.15, 0.2) is 0 Å². The van der Waals surface area contributed by atoms with Crippen molar-refractivity contribution in [3.8, 4) is 0 Å². The van der Waals surface area contributed by atoms with Gasteiger partial charge in [-0.1, -0.05) is 0 Å². The Hall–Kier alpha value is -3.72. The predicted octanol–water partition coefficient (Wildman–Crippen LogP) is -3.69. The number of aliphatic hydroxyl groups excluding tert-OH is 3. The number of imide groups is 3. The minimum Gasteiger partial charge on any atom is -0.388 e. The number of ether oxygens (including phenoxy) is 6. The van der Waals surface area contributed by atoms with Gasteiger partial charge in [-0.3, -0.25) is 43.5 Å². The SMILES string of the molecule is O=C1C=CC(=O)N1CCOCC(O)COCC(COCC(O)COCCN1C(=O)C=CC1=O)OCC(O)COCCN1C(=O)C=CC1=O. The number of hydrogen-bond donors (Lipinski definition) is 3. The molecule has 0 fully saturated rings. The Morgan fingerprint density at radius 2 is 0.688 bits per heavy atom. The smallest absolute Gasteiger partial charge is 0.253 e. The molecule has 48 heavy (non-hydrogen) atoms. The molecule has 266 valence electrons. The van der Waals surface area contributed by atoms with Gasteiger partial charge in [-0.05, 0) is 0 Å². The van der Waals surface area contributed by atoms with E-state index < -0.39 is 59.9 Å². The number of amides is 6. The first-order valence-corrected chi connectivity index (χ1v) is 15.2. The van der Waals surface area contributed by atoms with Crippen LogP contribution in [0, 0.1) is 0 Å². The Morgan fingerprint density at radius 1 is 0.417 bits per heavy atom. The van der Waals surface area contributed by atoms with Crippen LogP contribution < -0.4 is 0 Å². The van der Waals surface area contributed by atoms with Crippen molar-refractivity contribution in [1.82, 2.24) is 14.7 Å². The van der Waals surface area contributed by atoms with Crippen LogP contribution in [-0.2, 0) is 57.2 Å². The number of aliphatic hydroxyl groups is 3. The largest absolute Gasteiger partial charge is 0.388 e. The highest BCUT2D eigenvalue weighted by Gasteiger charge is 2.25. The van der Waals surface area contributed by atoms with Crippen molar-refractivity contribution in [1.29, 1.82) is 0 Å². The highest BCUT2D eigenvalue weighted by Crippen LogP contribution is 2.06. The van der Waals surface area contributed by atoms with Crippen LogP contribution in [-0.4, -0.2) is 182 Å². The van der Waals surface area contributed by atoms with E-state index in [1.165, 1.54) is 0 Å². The van der Waals surface area contributed by atoms with E-state index in [4.69, 9.17) is 28.4 Å². The lowest BCUT2D eigenvalue weighted by atomic mass is 10.3. The zero-order valence-corrected chi connectivity index (χ0v) is 26.3. The standard InChI is InChI=1S/C30H41N3O15/c34-21(13-43-10-7-31-25(37)1-2-26(31)38)16-46-19-24(48-18-23(36)15-45-12-9-33-29(41)5-6-30(33)42)20-47-17-22(35)14-44-11-8-32-27(39)3-4-28(32)40/h1-6,21-24,34-36H,7-20H2. The predicted molar refractivity (Wildman–Crippen MR) is 159 cm³/mol. The highest BCUT2D eigenvalue weighted by atomic mass is 16.6. The maximum absolute atomic E-state index is 11.6. The summed E-state index contributed by atoms with van der Waals surface area (Å²) in [4.78, 5) is 72.5. The van der Waals surface area contributed by atoms with Crippen molar-refractivity contribution in [2.45, 2.75) is 24.4 Å². The summed E-state index contributed by atoms with van der Waals surface area (Å²) in [5.41, 5.74) is 0. The Kier molecular flexibility index (Phi) is 16.6. The Balaban J connectivity index is 1.33. The average molecular weight is 684 g/mol. The molecule has 0 spiro atoms. The van der Waals surface area contributed by atoms with Gasteiger partial charge in [-0.15, -0.1) is 0 Å². The van der Waals surface area contributed by atoms with Gasteiger partial charge in [0, 0.05) is 36.5 Å². The van der Waals surface area contributed by atoms with E-state index in [0.717, 1.165) is 51.2 Å². The Labute approximate surface area is 276 Å². The molecule has 6 amide bonds. The maximum Gasteiger partial charge on any atom is 0.253 e. The first-order valence-electron chi connectivity index (χ1n) is 15.2. The molecule has 0 aromatic rings. The van der Waals surface area contributed by atoms with Crippen molar-refractivity contribution in [3.63, 3.8) is 0 Å². The van der Waals surface area contributed by atoms with E-state index in [-0.39, 0.29) is 92.3 Å². The molecule has 0 bridgehead atoms. The second-order valence-corrected chi connectivity index (χ2v) is 10.7. The van der Waals surface area contributed by atoms with Gasteiger partial charge in [0.05, 0.1) is 92.3 Å². The number of rotatable bonds is 26. The highest BCUT2D eigenvalue weighted by molar-refractivity contribution is 6.14. The van der Waals surface area contributed by atoms with Crippen molar-refractivity contribution in [2.75, 3.05) is 92.3 Å². The maximum atomic E-state index is 11.6. The van der Waals surface area contributed by atoms with Crippen LogP contribution in [0.5, 0.6) is 0 Å². The number of carbonyl (C=O) groups excluding carboxylic acids is 6. The van der Waals surface area contributed by atoms with E-state index in [2.05, 4.69) is 0 Å². The van der Waals surface area contributed by atoms with Gasteiger partial charge in [0.25, 0.3) is 35.4 Å². The summed E-state index contributed by atoms with van der Waals surface area (Å²) in [6, 6.07) is 0. The van der Waals surface area contributed by atoms with Crippen molar-refractivity contribution in [2.24, 2.45) is 0 Å². The summed E-state index contributed by atoms with van der Waals surface area (Å²) in [5, 5.41) is 30.6. The molecule has 18 nitrogen and oxygen atoms in total. The van der Waals surface area contributed by atoms with Crippen LogP contribution in [0.2, 0.25) is 0 Å². The van der Waals surface area contributed by atoms with Crippen LogP contribution in [0.3, 0.4) is 0 Å². The lowest BCUT2D eigenvalue weighted by molar-refractivity contribution is -0.139. The van der Waals surface area contributed by atoms with Gasteiger partial charge in [-0.25, -0.2) is 0 Å². The molecule has 3 rings (SSSR count). The lowest BCUT2D eigenvalue weighted by Crippen LogP contribution is -2.36. The quantitative estimate of drug-likeness (QED) is 0.0589. The molecule has 3 aliphatic heterocycles. The summed E-state index contributed by atoms with van der Waals surface area (Å²) in [5.74, 6) is -2.62. The van der Waals surface area contributed by atoms with E-state index in [1.54, 1.807) is 0 Å². The van der Waals surface area contributed by atoms with Gasteiger partial charge >= 0.3 is 0 Å². The monoisotopic (exact) mass is 683 g/mol. The third-order valence-electron chi connectivity index (χ3n) is 6.76. The van der Waals surface area contributed by atoms with Crippen LogP contribution in [0.4, 0.5) is 0 Å². The molecule has 0 radical (unpaired) electrons. The molecule has 0 aromatic carbocycles. The fourth-order valence-corrected chi connectivity index (χ4v) is 4.29. The second-order valence-electron chi connectivity index (χ2n) is 10.7. The van der Waals surface area contributed by atoms with Crippen LogP contribution in [0.15, 0.2) is 36.5 Å². The number of carbonyl (C=O) groups is 6. The van der Waals surface area contributed by atoms with Gasteiger partial charge in [0.2, 0.25) is 0 Å². The van der Waals surface area contributed by atoms with Crippen LogP contribution in [0.1, 0.15) is 0 Å². The summed E-state index contributed by atoms with van der Waals surface area (Å²) < 4.78 is 32.7. The van der Waals surface area contributed by atoms with Gasteiger partial charge < -0.3 is 43.7 Å². The molecule has 3 atom stereocenters. The zero-order valence-electron chi connectivity index (χ0n) is 26.3. The molecule has 0 aliphatic carbocycles. The summed E-state index contributed by atoms with van der Waals surface area (Å²) in [7, 11) is 0. The molecule has 0 saturated heterocycles. The van der Waals surface area contributed by atoms with Crippen molar-refractivity contribution in [3.05, 3.63) is 36.5 Å². The topological polar surface area (TPSA) is 228 Å². The van der Waals surface area contributed by atoms with Gasteiger partial charge in [0.1, 0.15) is 24.4 Å². The summed E-state index contributed by atoms with van der Waals surface area (Å²) >= 11 is 0. The van der Waals surface area contributed by atoms with Crippen molar-refractivity contribution >= 4 is 35.4 Å². The molecule has 3 N–H and O–H groups in total. The lowest BCUT2D eigenvalue weighted by Gasteiger charge is -2.22. The number of nitrogens with zero attached hydrogens (tertiary/aromatic N) is 3. The first kappa shape index (κ1) is 38.7. The third kappa shape index (κ3) is 13.4. The van der Waals surface area contributed by atoms with E-state index in [1.807, 2.05) is 0 Å². The minimum absolute atomic E-state index is 0.00879. The Morgan fingerprint density at radius 3 is 1.00 bits per heavy atom. The first-order chi connectivity index (χ1) is 23.0. The molecule has 0 aromatic heterocycles. The minimum atomic E-state index is -1.08. The summed E-state index contributed by atoms with van der Waals surface area (Å²) in [6.07, 6.45) is 3.05. The average Bonchev–Trinajstić information content (AvgIpc) is 3.68. The van der Waals surface area contributed by atoms with E-state index >= 15 is 0 Å². The van der Waals surface area contributed by atoms with Crippen LogP contribution in [0.25, 0.3) is 0 Å². The normalized spacial score (nSPS) is 18.7. The molecule has 3 unspecified atom stereocenters. The molecule has 0 saturated carbocycles. The molecule has 3 heterocycles. The molecular formula is C30H41N3O15. The fourth-order valence-electron chi connectivity index (χ4n) is 4.29. The third-order valence-corrected chi connectivity index (χ3v) is 6.76. The molecule has 3 aliphatic rings. The number of hydrogen-bond acceptors (Lipinski definition) is 15. The molecule has 18 heteroatoms. The van der Waals surface area contributed by atoms with Crippen LogP contribution >= 0.6 is 0 Å². The van der Waals surface area contributed by atoms with Gasteiger partial charge in [-0.2, -0.15) is 0 Å². The summed E-state index contributed by atoms with van der Waals surface area (Å²) in [6.45, 7) is -0.957.